The fourth-order valence-electron chi connectivity index (χ4n) is 2.69. The lowest BCUT2D eigenvalue weighted by Gasteiger charge is -2.28. The van der Waals surface area contributed by atoms with Gasteiger partial charge < -0.3 is 5.73 Å². The molecule has 0 aromatic heterocycles. The zero-order chi connectivity index (χ0) is 13.0. The Labute approximate surface area is 119 Å². The molecule has 1 aromatic carbocycles. The van der Waals surface area contributed by atoms with Crippen LogP contribution >= 0.6 is 23.2 Å². The minimum atomic E-state index is 0.667. The third-order valence-corrected chi connectivity index (χ3v) is 4.23. The number of nitrogens with two attached hydrogens (primary N) is 1. The highest BCUT2D eigenvalue weighted by molar-refractivity contribution is 6.35. The first-order valence-corrected chi connectivity index (χ1v) is 7.34. The lowest BCUT2D eigenvalue weighted by atomic mass is 10.1. The van der Waals surface area contributed by atoms with Crippen molar-refractivity contribution < 1.29 is 0 Å². The van der Waals surface area contributed by atoms with Crippen LogP contribution in [-0.2, 0) is 6.54 Å². The molecule has 0 amide bonds. The van der Waals surface area contributed by atoms with Crippen molar-refractivity contribution in [2.45, 2.75) is 38.3 Å². The van der Waals surface area contributed by atoms with Gasteiger partial charge in [-0.1, -0.05) is 42.1 Å². The van der Waals surface area contributed by atoms with Crippen molar-refractivity contribution in [3.8, 4) is 0 Å². The molecular weight excluding hydrogens is 267 g/mol. The topological polar surface area (TPSA) is 29.3 Å². The molecular formula is C14H20Cl2N2. The summed E-state index contributed by atoms with van der Waals surface area (Å²) in [5, 5.41) is 1.44. The third kappa shape index (κ3) is 3.61. The minimum absolute atomic E-state index is 0.667. The predicted octanol–water partition coefficient (Wildman–Crippen LogP) is 3.70. The number of rotatable bonds is 5. The summed E-state index contributed by atoms with van der Waals surface area (Å²) in [4.78, 5) is 2.46. The van der Waals surface area contributed by atoms with Crippen molar-refractivity contribution in [1.82, 2.24) is 4.90 Å². The zero-order valence-electron chi connectivity index (χ0n) is 10.5. The van der Waals surface area contributed by atoms with E-state index in [0.29, 0.717) is 17.6 Å². The van der Waals surface area contributed by atoms with Gasteiger partial charge in [0.05, 0.1) is 0 Å². The fraction of sp³-hybridized carbons (Fsp3) is 0.571. The summed E-state index contributed by atoms with van der Waals surface area (Å²) in [5.74, 6) is 0. The van der Waals surface area contributed by atoms with Gasteiger partial charge in [-0.25, -0.2) is 0 Å². The molecule has 1 aliphatic rings. The molecule has 100 valence electrons. The lowest BCUT2D eigenvalue weighted by Crippen LogP contribution is -2.36. The fourth-order valence-corrected chi connectivity index (χ4v) is 3.16. The van der Waals surface area contributed by atoms with Crippen LogP contribution in [0, 0.1) is 0 Å². The zero-order valence-corrected chi connectivity index (χ0v) is 12.1. The van der Waals surface area contributed by atoms with Gasteiger partial charge in [0, 0.05) is 35.7 Å². The van der Waals surface area contributed by atoms with Crippen LogP contribution in [0.4, 0.5) is 0 Å². The maximum atomic E-state index is 6.24. The summed E-state index contributed by atoms with van der Waals surface area (Å²) in [7, 11) is 0. The molecule has 1 aliphatic carbocycles. The van der Waals surface area contributed by atoms with Gasteiger partial charge in [-0.3, -0.25) is 4.90 Å². The predicted molar refractivity (Wildman–Crippen MR) is 78.2 cm³/mol. The van der Waals surface area contributed by atoms with Crippen LogP contribution in [0.3, 0.4) is 0 Å². The first-order valence-electron chi connectivity index (χ1n) is 6.58. The highest BCUT2D eigenvalue weighted by Crippen LogP contribution is 2.27. The van der Waals surface area contributed by atoms with Crippen LogP contribution in [-0.4, -0.2) is 24.0 Å². The van der Waals surface area contributed by atoms with E-state index in [1.807, 2.05) is 18.2 Å². The van der Waals surface area contributed by atoms with Gasteiger partial charge in [0.1, 0.15) is 0 Å². The molecule has 1 fully saturated rings. The van der Waals surface area contributed by atoms with Crippen molar-refractivity contribution in [3.05, 3.63) is 33.8 Å². The summed E-state index contributed by atoms with van der Waals surface area (Å²) < 4.78 is 0. The van der Waals surface area contributed by atoms with E-state index >= 15 is 0 Å². The molecule has 0 radical (unpaired) electrons. The van der Waals surface area contributed by atoms with E-state index in [1.54, 1.807) is 0 Å². The van der Waals surface area contributed by atoms with Crippen molar-refractivity contribution in [2.24, 2.45) is 5.73 Å². The van der Waals surface area contributed by atoms with Gasteiger partial charge in [0.15, 0.2) is 0 Å². The molecule has 0 bridgehead atoms. The van der Waals surface area contributed by atoms with E-state index in [-0.39, 0.29) is 0 Å². The average Bonchev–Trinajstić information content (AvgIpc) is 2.85. The highest BCUT2D eigenvalue weighted by atomic mass is 35.5. The monoisotopic (exact) mass is 286 g/mol. The number of hydrogen-bond donors (Lipinski definition) is 1. The molecule has 0 saturated heterocycles. The van der Waals surface area contributed by atoms with Crippen molar-refractivity contribution in [1.29, 1.82) is 0 Å². The minimum Gasteiger partial charge on any atom is -0.329 e. The summed E-state index contributed by atoms with van der Waals surface area (Å²) in [5.41, 5.74) is 6.86. The number of halogens is 2. The Morgan fingerprint density at radius 1 is 1.22 bits per heavy atom. The summed E-state index contributed by atoms with van der Waals surface area (Å²) >= 11 is 12.2. The Morgan fingerprint density at radius 2 is 1.94 bits per heavy atom. The molecule has 0 heterocycles. The lowest BCUT2D eigenvalue weighted by molar-refractivity contribution is 0.195. The van der Waals surface area contributed by atoms with Crippen LogP contribution in [0.25, 0.3) is 0 Å². The Bertz CT molecular complexity index is 389. The number of hydrogen-bond acceptors (Lipinski definition) is 2. The normalized spacial score (nSPS) is 16.7. The summed E-state index contributed by atoms with van der Waals surface area (Å²) in [6.07, 6.45) is 5.23. The van der Waals surface area contributed by atoms with Crippen LogP contribution < -0.4 is 5.73 Å². The van der Waals surface area contributed by atoms with E-state index in [1.165, 1.54) is 25.7 Å². The molecule has 0 unspecified atom stereocenters. The first kappa shape index (κ1) is 14.1. The van der Waals surface area contributed by atoms with E-state index in [9.17, 15) is 0 Å². The van der Waals surface area contributed by atoms with Crippen LogP contribution in [0.1, 0.15) is 31.2 Å². The molecule has 2 N–H and O–H groups in total. The molecule has 18 heavy (non-hydrogen) atoms. The molecule has 2 nitrogen and oxygen atoms in total. The summed E-state index contributed by atoms with van der Waals surface area (Å²) in [6, 6.07) is 6.40. The van der Waals surface area contributed by atoms with Crippen molar-refractivity contribution in [3.63, 3.8) is 0 Å². The Morgan fingerprint density at radius 3 is 2.56 bits per heavy atom. The second-order valence-corrected chi connectivity index (χ2v) is 5.78. The molecule has 1 aromatic rings. The van der Waals surface area contributed by atoms with E-state index in [4.69, 9.17) is 28.9 Å². The third-order valence-electron chi connectivity index (χ3n) is 3.65. The standard InChI is InChI=1S/C14H20Cl2N2/c15-12-6-5-11(14(16)9-12)10-18(8-7-17)13-3-1-2-4-13/h5-6,9,13H,1-4,7-8,10,17H2. The van der Waals surface area contributed by atoms with Crippen molar-refractivity contribution in [2.75, 3.05) is 13.1 Å². The molecule has 4 heteroatoms. The second-order valence-electron chi connectivity index (χ2n) is 4.93. The SMILES string of the molecule is NCCN(Cc1ccc(Cl)cc1Cl)C1CCCC1. The van der Waals surface area contributed by atoms with Crippen LogP contribution in [0.5, 0.6) is 0 Å². The van der Waals surface area contributed by atoms with E-state index in [2.05, 4.69) is 4.90 Å². The highest BCUT2D eigenvalue weighted by Gasteiger charge is 2.22. The smallest absolute Gasteiger partial charge is 0.0465 e. The maximum Gasteiger partial charge on any atom is 0.0465 e. The van der Waals surface area contributed by atoms with Gasteiger partial charge in [0.2, 0.25) is 0 Å². The van der Waals surface area contributed by atoms with Gasteiger partial charge >= 0.3 is 0 Å². The van der Waals surface area contributed by atoms with Gasteiger partial charge in [-0.15, -0.1) is 0 Å². The van der Waals surface area contributed by atoms with Gasteiger partial charge in [0.25, 0.3) is 0 Å². The second kappa shape index (κ2) is 6.76. The van der Waals surface area contributed by atoms with Crippen LogP contribution in [0.15, 0.2) is 18.2 Å². The van der Waals surface area contributed by atoms with Gasteiger partial charge in [-0.05, 0) is 30.5 Å². The van der Waals surface area contributed by atoms with Crippen LogP contribution in [0.2, 0.25) is 10.0 Å². The Balaban J connectivity index is 2.07. The molecule has 0 atom stereocenters. The average molecular weight is 287 g/mol. The van der Waals surface area contributed by atoms with Crippen molar-refractivity contribution >= 4 is 23.2 Å². The Kier molecular flexibility index (Phi) is 5.31. The largest absolute Gasteiger partial charge is 0.329 e. The number of nitrogens with zero attached hydrogens (tertiary/aromatic N) is 1. The molecule has 0 aliphatic heterocycles. The van der Waals surface area contributed by atoms with Gasteiger partial charge in [-0.2, -0.15) is 0 Å². The molecule has 1 saturated carbocycles. The molecule has 0 spiro atoms. The number of benzene rings is 1. The summed E-state index contributed by atoms with van der Waals surface area (Å²) in [6.45, 7) is 2.50. The maximum absolute atomic E-state index is 6.24. The quantitative estimate of drug-likeness (QED) is 0.894. The first-order chi connectivity index (χ1) is 8.70. The van der Waals surface area contributed by atoms with E-state index in [0.717, 1.165) is 23.7 Å². The molecule has 2 rings (SSSR count). The van der Waals surface area contributed by atoms with E-state index < -0.39 is 0 Å². The Hall–Kier alpha value is -0.280.